The van der Waals surface area contributed by atoms with Crippen molar-refractivity contribution < 1.29 is 13.2 Å². The lowest BCUT2D eigenvalue weighted by molar-refractivity contribution is 0.476. The van der Waals surface area contributed by atoms with Gasteiger partial charge in [-0.1, -0.05) is 0 Å². The van der Waals surface area contributed by atoms with Gasteiger partial charge in [-0.3, -0.25) is 0 Å². The van der Waals surface area contributed by atoms with Crippen molar-refractivity contribution in [3.63, 3.8) is 0 Å². The van der Waals surface area contributed by atoms with Crippen molar-refractivity contribution in [1.82, 2.24) is 24.9 Å². The number of hydrogen-bond acceptors (Lipinski definition) is 5. The molecule has 0 bridgehead atoms. The topological polar surface area (TPSA) is 79.4 Å². The SMILES string of the molecule is Cc1cnc2[nH]cc(Cc3cnc(Nc4c(F)nc(C)c(F)c4F)nc3)c2c1. The largest absolute Gasteiger partial charge is 0.346 e. The zero-order valence-corrected chi connectivity index (χ0v) is 15.0. The van der Waals surface area contributed by atoms with E-state index in [9.17, 15) is 13.2 Å². The smallest absolute Gasteiger partial charge is 0.240 e. The van der Waals surface area contributed by atoms with E-state index in [1.165, 1.54) is 19.3 Å². The predicted molar refractivity (Wildman–Crippen MR) is 97.8 cm³/mol. The van der Waals surface area contributed by atoms with E-state index in [0.29, 0.717) is 6.42 Å². The van der Waals surface area contributed by atoms with Crippen LogP contribution < -0.4 is 5.32 Å². The molecule has 0 aliphatic carbocycles. The molecule has 0 aromatic carbocycles. The molecule has 0 aliphatic rings. The average Bonchev–Trinajstić information content (AvgIpc) is 3.07. The maximum absolute atomic E-state index is 13.9. The highest BCUT2D eigenvalue weighted by molar-refractivity contribution is 5.80. The molecule has 0 saturated carbocycles. The minimum Gasteiger partial charge on any atom is -0.346 e. The van der Waals surface area contributed by atoms with Gasteiger partial charge in [-0.25, -0.2) is 28.7 Å². The highest BCUT2D eigenvalue weighted by Gasteiger charge is 2.19. The number of nitrogens with zero attached hydrogens (tertiary/aromatic N) is 4. The van der Waals surface area contributed by atoms with Gasteiger partial charge in [0.25, 0.3) is 0 Å². The maximum atomic E-state index is 13.9. The summed E-state index contributed by atoms with van der Waals surface area (Å²) in [5.74, 6) is -3.81. The van der Waals surface area contributed by atoms with Gasteiger partial charge in [0.15, 0.2) is 11.6 Å². The number of H-pyrrole nitrogens is 1. The van der Waals surface area contributed by atoms with Crippen LogP contribution in [0.5, 0.6) is 0 Å². The number of hydrogen-bond donors (Lipinski definition) is 2. The van der Waals surface area contributed by atoms with Gasteiger partial charge in [0, 0.05) is 36.6 Å². The molecule has 0 aliphatic heterocycles. The second kappa shape index (κ2) is 6.91. The second-order valence-electron chi connectivity index (χ2n) is 6.43. The van der Waals surface area contributed by atoms with Crippen molar-refractivity contribution in [2.75, 3.05) is 5.32 Å². The molecule has 6 nitrogen and oxygen atoms in total. The first-order valence-corrected chi connectivity index (χ1v) is 8.44. The first-order chi connectivity index (χ1) is 13.4. The normalized spacial score (nSPS) is 11.2. The molecular weight excluding hydrogens is 369 g/mol. The molecule has 4 aromatic rings. The fourth-order valence-corrected chi connectivity index (χ4v) is 2.87. The number of aryl methyl sites for hydroxylation is 2. The van der Waals surface area contributed by atoms with E-state index in [-0.39, 0.29) is 11.6 Å². The van der Waals surface area contributed by atoms with Crippen molar-refractivity contribution in [1.29, 1.82) is 0 Å². The van der Waals surface area contributed by atoms with Crippen LogP contribution in [0.3, 0.4) is 0 Å². The van der Waals surface area contributed by atoms with Crippen LogP contribution in [-0.2, 0) is 6.42 Å². The van der Waals surface area contributed by atoms with Crippen LogP contribution in [0.2, 0.25) is 0 Å². The molecular formula is C19H15F3N6. The maximum Gasteiger partial charge on any atom is 0.240 e. The van der Waals surface area contributed by atoms with Gasteiger partial charge < -0.3 is 10.3 Å². The Bertz CT molecular complexity index is 1170. The number of fused-ring (bicyclic) bond motifs is 1. The summed E-state index contributed by atoms with van der Waals surface area (Å²) in [7, 11) is 0. The Morgan fingerprint density at radius 1 is 1.00 bits per heavy atom. The zero-order chi connectivity index (χ0) is 19.8. The average molecular weight is 384 g/mol. The van der Waals surface area contributed by atoms with E-state index in [1.807, 2.05) is 19.2 Å². The summed E-state index contributed by atoms with van der Waals surface area (Å²) in [6.45, 7) is 3.14. The molecule has 4 aromatic heterocycles. The molecule has 4 rings (SSSR count). The van der Waals surface area contributed by atoms with Gasteiger partial charge in [0.1, 0.15) is 11.3 Å². The fourth-order valence-electron chi connectivity index (χ4n) is 2.87. The molecule has 0 unspecified atom stereocenters. The minimum absolute atomic E-state index is 0.0666. The van der Waals surface area contributed by atoms with Crippen molar-refractivity contribution in [3.05, 3.63) is 70.8 Å². The Morgan fingerprint density at radius 3 is 2.50 bits per heavy atom. The van der Waals surface area contributed by atoms with E-state index in [2.05, 4.69) is 30.2 Å². The van der Waals surface area contributed by atoms with E-state index in [4.69, 9.17) is 0 Å². The standard InChI is InChI=1S/C19H15F3N6/c1-9-3-13-12(8-24-18(13)23-5-9)4-11-6-25-19(26-7-11)28-16-15(21)14(20)10(2)27-17(16)22/h3,5-8H,4H2,1-2H3,(H,23,24)(H,25,26,28). The van der Waals surface area contributed by atoms with Gasteiger partial charge in [0.2, 0.25) is 11.9 Å². The number of anilines is 2. The highest BCUT2D eigenvalue weighted by Crippen LogP contribution is 2.24. The lowest BCUT2D eigenvalue weighted by Gasteiger charge is -2.09. The Kier molecular flexibility index (Phi) is 4.42. The molecule has 0 radical (unpaired) electrons. The highest BCUT2D eigenvalue weighted by atomic mass is 19.2. The Hall–Kier alpha value is -3.49. The summed E-state index contributed by atoms with van der Waals surface area (Å²) in [4.78, 5) is 18.9. The van der Waals surface area contributed by atoms with Crippen molar-refractivity contribution >= 4 is 22.7 Å². The van der Waals surface area contributed by atoms with E-state index >= 15 is 0 Å². The van der Waals surface area contributed by atoms with Gasteiger partial charge in [-0.15, -0.1) is 0 Å². The van der Waals surface area contributed by atoms with Crippen LogP contribution in [0.25, 0.3) is 11.0 Å². The molecule has 0 atom stereocenters. The van der Waals surface area contributed by atoms with Crippen molar-refractivity contribution in [3.8, 4) is 0 Å². The molecule has 0 amide bonds. The van der Waals surface area contributed by atoms with Crippen molar-refractivity contribution in [2.45, 2.75) is 20.3 Å². The number of nitrogens with one attached hydrogen (secondary N) is 2. The number of halogens is 3. The van der Waals surface area contributed by atoms with Gasteiger partial charge >= 0.3 is 0 Å². The Labute approximate surface area is 157 Å². The molecule has 2 N–H and O–H groups in total. The minimum atomic E-state index is -1.36. The van der Waals surface area contributed by atoms with Crippen LogP contribution >= 0.6 is 0 Å². The first-order valence-electron chi connectivity index (χ1n) is 8.44. The van der Waals surface area contributed by atoms with Crippen LogP contribution in [-0.4, -0.2) is 24.9 Å². The van der Waals surface area contributed by atoms with Crippen molar-refractivity contribution in [2.24, 2.45) is 0 Å². The Balaban J connectivity index is 1.56. The molecule has 9 heteroatoms. The summed E-state index contributed by atoms with van der Waals surface area (Å²) in [6.07, 6.45) is 7.27. The van der Waals surface area contributed by atoms with Crippen LogP contribution in [0.15, 0.2) is 30.9 Å². The van der Waals surface area contributed by atoms with Gasteiger partial charge in [0.05, 0.1) is 5.69 Å². The summed E-state index contributed by atoms with van der Waals surface area (Å²) in [5.41, 5.74) is 2.57. The Morgan fingerprint density at radius 2 is 1.75 bits per heavy atom. The number of aromatic amines is 1. The second-order valence-corrected chi connectivity index (χ2v) is 6.43. The van der Waals surface area contributed by atoms with Crippen LogP contribution in [0.1, 0.15) is 22.4 Å². The monoisotopic (exact) mass is 384 g/mol. The van der Waals surface area contributed by atoms with E-state index in [1.54, 1.807) is 6.20 Å². The zero-order valence-electron chi connectivity index (χ0n) is 15.0. The molecule has 0 fully saturated rings. The molecule has 0 spiro atoms. The summed E-state index contributed by atoms with van der Waals surface area (Å²) >= 11 is 0. The molecule has 28 heavy (non-hydrogen) atoms. The van der Waals surface area contributed by atoms with Crippen LogP contribution in [0, 0.1) is 31.4 Å². The van der Waals surface area contributed by atoms with Gasteiger partial charge in [-0.2, -0.15) is 4.39 Å². The number of pyridine rings is 2. The molecule has 0 saturated heterocycles. The quantitative estimate of drug-likeness (QED) is 0.518. The molecule has 4 heterocycles. The number of rotatable bonds is 4. The fraction of sp³-hybridized carbons (Fsp3) is 0.158. The van der Waals surface area contributed by atoms with E-state index in [0.717, 1.165) is 27.7 Å². The van der Waals surface area contributed by atoms with E-state index < -0.39 is 23.3 Å². The van der Waals surface area contributed by atoms with Crippen LogP contribution in [0.4, 0.5) is 24.8 Å². The lowest BCUT2D eigenvalue weighted by Crippen LogP contribution is -2.07. The van der Waals surface area contributed by atoms with Gasteiger partial charge in [-0.05, 0) is 36.6 Å². The first kappa shape index (κ1) is 17.9. The number of aromatic nitrogens is 5. The third-order valence-corrected chi connectivity index (χ3v) is 4.29. The predicted octanol–water partition coefficient (Wildman–Crippen LogP) is 4.12. The third kappa shape index (κ3) is 3.26. The summed E-state index contributed by atoms with van der Waals surface area (Å²) in [6, 6.07) is 2.04. The summed E-state index contributed by atoms with van der Waals surface area (Å²) < 4.78 is 41.4. The summed E-state index contributed by atoms with van der Waals surface area (Å²) in [5, 5.41) is 3.35. The molecule has 142 valence electrons. The lowest BCUT2D eigenvalue weighted by atomic mass is 10.1. The third-order valence-electron chi connectivity index (χ3n) is 4.29.